The Bertz CT molecular complexity index is 883. The number of fused-ring (bicyclic) bond motifs is 1. The van der Waals surface area contributed by atoms with Gasteiger partial charge in [-0.2, -0.15) is 0 Å². The summed E-state index contributed by atoms with van der Waals surface area (Å²) >= 11 is 0. The molecule has 0 N–H and O–H groups in total. The summed E-state index contributed by atoms with van der Waals surface area (Å²) in [6.45, 7) is 6.21. The molecule has 1 heterocycles. The van der Waals surface area contributed by atoms with Gasteiger partial charge in [-0.1, -0.05) is 37.6 Å². The number of ketones is 1. The fourth-order valence-corrected chi connectivity index (χ4v) is 4.43. The summed E-state index contributed by atoms with van der Waals surface area (Å²) in [4.78, 5) is 12.4. The molecule has 24 heavy (non-hydrogen) atoms. The number of Topliss-reactive ketones (excluding diaryl/α,β-unsaturated/α-hetero) is 1. The topological polar surface area (TPSA) is 54.5 Å². The van der Waals surface area contributed by atoms with Gasteiger partial charge in [0.05, 0.1) is 10.6 Å². The number of carbonyl (C=O) groups is 1. The first-order valence-corrected chi connectivity index (χ1v) is 9.51. The van der Waals surface area contributed by atoms with Crippen LogP contribution < -0.4 is 4.31 Å². The molecule has 0 fully saturated rings. The number of hydrogen-bond acceptors (Lipinski definition) is 3. The van der Waals surface area contributed by atoms with Gasteiger partial charge < -0.3 is 0 Å². The van der Waals surface area contributed by atoms with E-state index in [0.717, 1.165) is 11.1 Å². The molecular formula is C19H21NO3S. The van der Waals surface area contributed by atoms with Gasteiger partial charge in [0.15, 0.2) is 5.78 Å². The summed E-state index contributed by atoms with van der Waals surface area (Å²) in [5.74, 6) is 0.341. The Morgan fingerprint density at radius 3 is 2.33 bits per heavy atom. The molecule has 0 saturated heterocycles. The average Bonchev–Trinajstić information content (AvgIpc) is 2.55. The molecule has 2 aromatic rings. The maximum atomic E-state index is 13.0. The molecule has 1 aliphatic rings. The number of anilines is 1. The molecular weight excluding hydrogens is 322 g/mol. The van der Waals surface area contributed by atoms with Crippen molar-refractivity contribution in [2.24, 2.45) is 0 Å². The first kappa shape index (κ1) is 16.7. The Balaban J connectivity index is 2.05. The SMILES string of the molecule is Cc1ccc2c(c1)C(=O)CCN2S(=O)(=O)c1ccc(C(C)C)cc1. The van der Waals surface area contributed by atoms with Crippen LogP contribution in [0.15, 0.2) is 47.4 Å². The number of benzene rings is 2. The molecule has 0 radical (unpaired) electrons. The highest BCUT2D eigenvalue weighted by molar-refractivity contribution is 7.92. The third kappa shape index (κ3) is 2.84. The van der Waals surface area contributed by atoms with E-state index in [9.17, 15) is 13.2 Å². The van der Waals surface area contributed by atoms with Crippen LogP contribution in [0.4, 0.5) is 5.69 Å². The fourth-order valence-electron chi connectivity index (χ4n) is 2.95. The van der Waals surface area contributed by atoms with Crippen molar-refractivity contribution in [1.82, 2.24) is 0 Å². The lowest BCUT2D eigenvalue weighted by Gasteiger charge is -2.30. The maximum Gasteiger partial charge on any atom is 0.264 e. The second kappa shape index (κ2) is 6.06. The lowest BCUT2D eigenvalue weighted by atomic mass is 10.0. The van der Waals surface area contributed by atoms with E-state index in [4.69, 9.17) is 0 Å². The van der Waals surface area contributed by atoms with Gasteiger partial charge in [-0.05, 0) is 42.7 Å². The van der Waals surface area contributed by atoms with Gasteiger partial charge in [0.25, 0.3) is 10.0 Å². The van der Waals surface area contributed by atoms with Crippen molar-refractivity contribution in [3.63, 3.8) is 0 Å². The molecule has 3 rings (SSSR count). The molecule has 0 spiro atoms. The molecule has 1 aliphatic heterocycles. The molecule has 126 valence electrons. The molecule has 0 bridgehead atoms. The van der Waals surface area contributed by atoms with Crippen molar-refractivity contribution in [1.29, 1.82) is 0 Å². The minimum absolute atomic E-state index is 0.00435. The van der Waals surface area contributed by atoms with Crippen molar-refractivity contribution in [2.75, 3.05) is 10.8 Å². The van der Waals surface area contributed by atoms with Gasteiger partial charge in [0.2, 0.25) is 0 Å². The van der Waals surface area contributed by atoms with Gasteiger partial charge in [-0.3, -0.25) is 9.10 Å². The van der Waals surface area contributed by atoms with Crippen molar-refractivity contribution in [2.45, 2.75) is 38.0 Å². The van der Waals surface area contributed by atoms with E-state index in [0.29, 0.717) is 17.2 Å². The second-order valence-corrected chi connectivity index (χ2v) is 8.36. The molecule has 2 aromatic carbocycles. The van der Waals surface area contributed by atoms with Crippen LogP contribution in [-0.2, 0) is 10.0 Å². The fraction of sp³-hybridized carbons (Fsp3) is 0.316. The van der Waals surface area contributed by atoms with E-state index in [-0.39, 0.29) is 23.6 Å². The van der Waals surface area contributed by atoms with Crippen molar-refractivity contribution >= 4 is 21.5 Å². The number of nitrogens with zero attached hydrogens (tertiary/aromatic N) is 1. The molecule has 0 aliphatic carbocycles. The van der Waals surface area contributed by atoms with E-state index in [1.807, 2.05) is 25.1 Å². The Hall–Kier alpha value is -2.14. The van der Waals surface area contributed by atoms with Crippen LogP contribution in [0.2, 0.25) is 0 Å². The zero-order valence-electron chi connectivity index (χ0n) is 14.1. The second-order valence-electron chi connectivity index (χ2n) is 6.49. The van der Waals surface area contributed by atoms with Gasteiger partial charge in [-0.25, -0.2) is 8.42 Å². The standard InChI is InChI=1S/C19H21NO3S/c1-13(2)15-5-7-16(8-6-15)24(22,23)20-11-10-19(21)17-12-14(3)4-9-18(17)20/h4-9,12-13H,10-11H2,1-3H3. The quantitative estimate of drug-likeness (QED) is 0.849. The Morgan fingerprint density at radius 2 is 1.71 bits per heavy atom. The Labute approximate surface area is 143 Å². The average molecular weight is 343 g/mol. The van der Waals surface area contributed by atoms with Crippen molar-refractivity contribution in [3.05, 3.63) is 59.2 Å². The summed E-state index contributed by atoms with van der Waals surface area (Å²) in [5.41, 5.74) is 3.01. The monoisotopic (exact) mass is 343 g/mol. The maximum absolute atomic E-state index is 13.0. The smallest absolute Gasteiger partial charge is 0.264 e. The van der Waals surface area contributed by atoms with Crippen molar-refractivity contribution < 1.29 is 13.2 Å². The van der Waals surface area contributed by atoms with E-state index in [1.165, 1.54) is 4.31 Å². The zero-order chi connectivity index (χ0) is 17.5. The van der Waals surface area contributed by atoms with E-state index in [2.05, 4.69) is 13.8 Å². The molecule has 0 saturated carbocycles. The molecule has 0 unspecified atom stereocenters. The normalized spacial score (nSPS) is 14.8. The summed E-state index contributed by atoms with van der Waals surface area (Å²) in [6.07, 6.45) is 0.208. The van der Waals surface area contributed by atoms with Crippen LogP contribution in [0.1, 0.15) is 47.7 Å². The number of sulfonamides is 1. The summed E-state index contributed by atoms with van der Waals surface area (Å²) in [7, 11) is -3.67. The third-order valence-electron chi connectivity index (χ3n) is 4.40. The largest absolute Gasteiger partial charge is 0.294 e. The van der Waals surface area contributed by atoms with Crippen LogP contribution in [0.25, 0.3) is 0 Å². The minimum Gasteiger partial charge on any atom is -0.294 e. The first-order chi connectivity index (χ1) is 11.3. The summed E-state index contributed by atoms with van der Waals surface area (Å²) in [6, 6.07) is 12.3. The number of carbonyl (C=O) groups excluding carboxylic acids is 1. The van der Waals surface area contributed by atoms with Crippen molar-refractivity contribution in [3.8, 4) is 0 Å². The van der Waals surface area contributed by atoms with Crippen LogP contribution >= 0.6 is 0 Å². The highest BCUT2D eigenvalue weighted by atomic mass is 32.2. The first-order valence-electron chi connectivity index (χ1n) is 8.07. The lowest BCUT2D eigenvalue weighted by Crippen LogP contribution is -2.37. The van der Waals surface area contributed by atoms with Gasteiger partial charge in [0.1, 0.15) is 0 Å². The molecule has 4 nitrogen and oxygen atoms in total. The minimum atomic E-state index is -3.67. The number of aryl methyl sites for hydroxylation is 1. The van der Waals surface area contributed by atoms with E-state index in [1.54, 1.807) is 24.3 Å². The van der Waals surface area contributed by atoms with Crippen LogP contribution in [0.5, 0.6) is 0 Å². The van der Waals surface area contributed by atoms with E-state index >= 15 is 0 Å². The molecule has 0 amide bonds. The number of hydrogen-bond donors (Lipinski definition) is 0. The van der Waals surface area contributed by atoms with E-state index < -0.39 is 10.0 Å². The Kier molecular flexibility index (Phi) is 4.22. The van der Waals surface area contributed by atoms with Gasteiger partial charge >= 0.3 is 0 Å². The highest BCUT2D eigenvalue weighted by Gasteiger charge is 2.32. The van der Waals surface area contributed by atoms with Gasteiger partial charge in [-0.15, -0.1) is 0 Å². The lowest BCUT2D eigenvalue weighted by molar-refractivity contribution is 0.0982. The molecule has 0 aromatic heterocycles. The highest BCUT2D eigenvalue weighted by Crippen LogP contribution is 2.33. The third-order valence-corrected chi connectivity index (χ3v) is 6.23. The molecule has 0 atom stereocenters. The summed E-state index contributed by atoms with van der Waals surface area (Å²) < 4.78 is 27.4. The Morgan fingerprint density at radius 1 is 1.04 bits per heavy atom. The predicted molar refractivity (Wildman–Crippen MR) is 95.2 cm³/mol. The van der Waals surface area contributed by atoms with Crippen LogP contribution in [0.3, 0.4) is 0 Å². The zero-order valence-corrected chi connectivity index (χ0v) is 14.9. The number of rotatable bonds is 3. The predicted octanol–water partition coefficient (Wildman–Crippen LogP) is 3.90. The summed E-state index contributed by atoms with van der Waals surface area (Å²) in [5, 5.41) is 0. The molecule has 5 heteroatoms. The van der Waals surface area contributed by atoms with Crippen LogP contribution in [-0.4, -0.2) is 20.7 Å². The van der Waals surface area contributed by atoms with Gasteiger partial charge in [0, 0.05) is 18.5 Å². The van der Waals surface area contributed by atoms with Crippen LogP contribution in [0, 0.1) is 6.92 Å².